The molecule has 8 heteroatoms. The lowest BCUT2D eigenvalue weighted by Gasteiger charge is -2.05. The van der Waals surface area contributed by atoms with Crippen LogP contribution in [-0.2, 0) is 14.9 Å². The summed E-state index contributed by atoms with van der Waals surface area (Å²) in [5.41, 5.74) is 0.682. The van der Waals surface area contributed by atoms with Crippen molar-refractivity contribution >= 4 is 34.3 Å². The van der Waals surface area contributed by atoms with Crippen LogP contribution in [0.1, 0.15) is 36.5 Å². The Bertz CT molecular complexity index is 549. The summed E-state index contributed by atoms with van der Waals surface area (Å²) in [6.45, 7) is 1.52. The van der Waals surface area contributed by atoms with Gasteiger partial charge in [-0.2, -0.15) is 12.6 Å². The van der Waals surface area contributed by atoms with Crippen molar-refractivity contribution in [2.24, 2.45) is 0 Å². The van der Waals surface area contributed by atoms with Crippen LogP contribution in [0, 0.1) is 0 Å². The number of hydrogen-bond donors (Lipinski definition) is 1. The number of Topliss-reactive ketones (excluding diaryl/α,β-unsaturated/α-hetero) is 2. The summed E-state index contributed by atoms with van der Waals surface area (Å²) < 4.78 is 27.2. The van der Waals surface area contributed by atoms with Gasteiger partial charge < -0.3 is 4.55 Å². The second-order valence-electron chi connectivity index (χ2n) is 4.44. The second kappa shape index (κ2) is 9.64. The molecule has 6 nitrogen and oxygen atoms in total. The molecule has 1 N–H and O–H groups in total. The summed E-state index contributed by atoms with van der Waals surface area (Å²) >= 11 is 4.15. The first-order chi connectivity index (χ1) is 9.61. The SMILES string of the molecule is CC(=O)C(S)CCCC(=O)c1ccc[nH+]c1.CS(=O)(=O)[O-]. The van der Waals surface area contributed by atoms with Crippen molar-refractivity contribution in [3.8, 4) is 0 Å². The van der Waals surface area contributed by atoms with Crippen LogP contribution in [0.3, 0.4) is 0 Å². The van der Waals surface area contributed by atoms with Gasteiger partial charge >= 0.3 is 0 Å². The molecule has 0 saturated carbocycles. The van der Waals surface area contributed by atoms with Crippen LogP contribution >= 0.6 is 12.6 Å². The quantitative estimate of drug-likeness (QED) is 0.473. The molecule has 118 valence electrons. The normalized spacial score (nSPS) is 12.0. The van der Waals surface area contributed by atoms with E-state index in [9.17, 15) is 9.59 Å². The third-order valence-electron chi connectivity index (χ3n) is 2.38. The van der Waals surface area contributed by atoms with Crippen molar-refractivity contribution < 1.29 is 27.5 Å². The maximum absolute atomic E-state index is 11.7. The fraction of sp³-hybridized carbons (Fsp3) is 0.462. The molecule has 1 aromatic rings. The van der Waals surface area contributed by atoms with E-state index in [-0.39, 0.29) is 16.8 Å². The molecule has 0 aliphatic carbocycles. The summed E-state index contributed by atoms with van der Waals surface area (Å²) in [5.74, 6) is 0.157. The second-order valence-corrected chi connectivity index (χ2v) is 6.47. The Labute approximate surface area is 130 Å². The molecule has 0 aliphatic heterocycles. The Kier molecular flexibility index (Phi) is 9.07. The average Bonchev–Trinajstić information content (AvgIpc) is 2.37. The molecule has 1 aromatic heterocycles. The number of ketones is 2. The fourth-order valence-corrected chi connectivity index (χ4v) is 1.55. The monoisotopic (exact) mass is 333 g/mol. The lowest BCUT2D eigenvalue weighted by Crippen LogP contribution is -2.11. The molecule has 0 saturated heterocycles. The van der Waals surface area contributed by atoms with Crippen LogP contribution in [0.5, 0.6) is 0 Å². The number of hydrogen-bond acceptors (Lipinski definition) is 6. The summed E-state index contributed by atoms with van der Waals surface area (Å²) in [7, 11) is -3.92. The Morgan fingerprint density at radius 1 is 1.43 bits per heavy atom. The zero-order valence-electron chi connectivity index (χ0n) is 11.9. The molecule has 0 spiro atoms. The van der Waals surface area contributed by atoms with Gasteiger partial charge in [0.2, 0.25) is 0 Å². The van der Waals surface area contributed by atoms with E-state index in [2.05, 4.69) is 17.6 Å². The number of rotatable bonds is 6. The van der Waals surface area contributed by atoms with E-state index in [1.54, 1.807) is 24.5 Å². The van der Waals surface area contributed by atoms with Gasteiger partial charge in [0.15, 0.2) is 18.2 Å². The first-order valence-electron chi connectivity index (χ1n) is 6.20. The van der Waals surface area contributed by atoms with Crippen molar-refractivity contribution in [2.75, 3.05) is 6.26 Å². The third kappa shape index (κ3) is 12.2. The lowest BCUT2D eigenvalue weighted by molar-refractivity contribution is -0.378. The molecule has 0 aromatic carbocycles. The number of aromatic amines is 1. The van der Waals surface area contributed by atoms with Crippen molar-refractivity contribution in [2.45, 2.75) is 31.4 Å². The predicted molar refractivity (Wildman–Crippen MR) is 80.3 cm³/mol. The third-order valence-corrected chi connectivity index (χ3v) is 3.00. The molecular weight excluding hydrogens is 314 g/mol. The molecule has 21 heavy (non-hydrogen) atoms. The van der Waals surface area contributed by atoms with Crippen molar-refractivity contribution in [1.82, 2.24) is 0 Å². The zero-order chi connectivity index (χ0) is 16.5. The topological polar surface area (TPSA) is 105 Å². The first-order valence-corrected chi connectivity index (χ1v) is 8.53. The Morgan fingerprint density at radius 3 is 2.43 bits per heavy atom. The maximum atomic E-state index is 11.7. The molecular formula is C13H19NO5S2. The summed E-state index contributed by atoms with van der Waals surface area (Å²) in [6, 6.07) is 3.58. The van der Waals surface area contributed by atoms with E-state index in [0.29, 0.717) is 31.1 Å². The van der Waals surface area contributed by atoms with Crippen molar-refractivity contribution in [3.05, 3.63) is 30.1 Å². The number of nitrogens with one attached hydrogen (secondary N) is 1. The standard InChI is InChI=1S/C12H15NO2S.CH4O3S/c1-9(14)12(16)6-2-5-11(15)10-4-3-7-13-8-10;1-5(2,3)4/h3-4,7-8,12,16H,2,5-6H2,1H3;1H3,(H,2,3,4). The zero-order valence-corrected chi connectivity index (χ0v) is 13.6. The fourth-order valence-electron chi connectivity index (χ4n) is 1.37. The summed E-state index contributed by atoms with van der Waals surface area (Å²) in [4.78, 5) is 25.5. The van der Waals surface area contributed by atoms with Gasteiger partial charge in [-0.05, 0) is 25.8 Å². The first kappa shape index (κ1) is 19.8. The summed E-state index contributed by atoms with van der Waals surface area (Å²) in [5, 5.41) is -0.241. The van der Waals surface area contributed by atoms with Crippen LogP contribution in [-0.4, -0.2) is 36.0 Å². The van der Waals surface area contributed by atoms with Crippen molar-refractivity contribution in [1.29, 1.82) is 0 Å². The number of aromatic nitrogens is 1. The smallest absolute Gasteiger partial charge is 0.177 e. The van der Waals surface area contributed by atoms with Gasteiger partial charge in [0.05, 0.1) is 20.9 Å². The largest absolute Gasteiger partial charge is 0.748 e. The van der Waals surface area contributed by atoms with Gasteiger partial charge in [-0.15, -0.1) is 0 Å². The minimum atomic E-state index is -3.92. The number of H-pyrrole nitrogens is 1. The molecule has 0 fully saturated rings. The molecule has 1 rings (SSSR count). The Hall–Kier alpha value is -1.25. The van der Waals surface area contributed by atoms with Gasteiger partial charge in [-0.25, -0.2) is 13.4 Å². The van der Waals surface area contributed by atoms with Gasteiger partial charge in [0, 0.05) is 18.7 Å². The maximum Gasteiger partial charge on any atom is 0.177 e. The molecule has 0 radical (unpaired) electrons. The van der Waals surface area contributed by atoms with Gasteiger partial charge in [0.25, 0.3) is 0 Å². The van der Waals surface area contributed by atoms with Crippen LogP contribution in [0.15, 0.2) is 24.5 Å². The minimum Gasteiger partial charge on any atom is -0.748 e. The van der Waals surface area contributed by atoms with Gasteiger partial charge in [-0.3, -0.25) is 9.59 Å². The molecule has 0 bridgehead atoms. The van der Waals surface area contributed by atoms with Crippen molar-refractivity contribution in [3.63, 3.8) is 0 Å². The number of pyridine rings is 1. The van der Waals surface area contributed by atoms with E-state index in [1.807, 2.05) is 0 Å². The number of thiol groups is 1. The highest BCUT2D eigenvalue weighted by Crippen LogP contribution is 2.10. The van der Waals surface area contributed by atoms with Crippen LogP contribution in [0.4, 0.5) is 0 Å². The van der Waals surface area contributed by atoms with Crippen LogP contribution < -0.4 is 4.98 Å². The highest BCUT2D eigenvalue weighted by atomic mass is 32.2. The van der Waals surface area contributed by atoms with Gasteiger partial charge in [0.1, 0.15) is 5.78 Å². The number of carbonyl (C=O) groups excluding carboxylic acids is 2. The van der Waals surface area contributed by atoms with E-state index in [1.165, 1.54) is 6.92 Å². The highest BCUT2D eigenvalue weighted by Gasteiger charge is 2.11. The lowest BCUT2D eigenvalue weighted by atomic mass is 10.1. The van der Waals surface area contributed by atoms with E-state index in [0.717, 1.165) is 0 Å². The average molecular weight is 333 g/mol. The Balaban J connectivity index is 0.000000690. The number of carbonyl (C=O) groups is 2. The molecule has 1 atom stereocenters. The van der Waals surface area contributed by atoms with E-state index in [4.69, 9.17) is 13.0 Å². The molecule has 1 unspecified atom stereocenters. The van der Waals surface area contributed by atoms with E-state index >= 15 is 0 Å². The summed E-state index contributed by atoms with van der Waals surface area (Å²) in [6.07, 6.45) is 5.86. The van der Waals surface area contributed by atoms with Crippen LogP contribution in [0.2, 0.25) is 0 Å². The molecule has 0 amide bonds. The van der Waals surface area contributed by atoms with Gasteiger partial charge in [-0.1, -0.05) is 0 Å². The highest BCUT2D eigenvalue weighted by molar-refractivity contribution is 7.84. The predicted octanol–water partition coefficient (Wildman–Crippen LogP) is 0.903. The van der Waals surface area contributed by atoms with E-state index < -0.39 is 10.1 Å². The minimum absolute atomic E-state index is 0.0591. The molecule has 1 heterocycles. The Morgan fingerprint density at radius 2 is 2.00 bits per heavy atom. The van der Waals surface area contributed by atoms with Crippen LogP contribution in [0.25, 0.3) is 0 Å². The molecule has 0 aliphatic rings.